The first-order valence-corrected chi connectivity index (χ1v) is 8.16. The Kier molecular flexibility index (Phi) is 4.87. The number of carbonyl (C=O) groups excluding carboxylic acids is 1. The fraction of sp³-hybridized carbons (Fsp3) is 0.353. The normalized spacial score (nSPS) is 12.2. The van der Waals surface area contributed by atoms with Crippen LogP contribution in [0.5, 0.6) is 0 Å². The minimum Gasteiger partial charge on any atom is -0.464 e. The van der Waals surface area contributed by atoms with E-state index >= 15 is 0 Å². The fourth-order valence-electron chi connectivity index (χ4n) is 2.67. The summed E-state index contributed by atoms with van der Waals surface area (Å²) in [6.07, 6.45) is 1.78. The van der Waals surface area contributed by atoms with E-state index in [1.54, 1.807) is 11.6 Å². The summed E-state index contributed by atoms with van der Waals surface area (Å²) in [6.45, 7) is 4.25. The SMILES string of the molecule is CCOC(=O)[C@@H](CC)n1cnc2c(nnn2Cc2ccccc2)c1=O. The number of carbonyl (C=O) groups is 1. The number of nitrogens with zero attached hydrogens (tertiary/aromatic N) is 5. The van der Waals surface area contributed by atoms with E-state index in [0.29, 0.717) is 18.6 Å². The Hall–Kier alpha value is -3.03. The summed E-state index contributed by atoms with van der Waals surface area (Å²) in [5.41, 5.74) is 1.16. The first kappa shape index (κ1) is 16.8. The van der Waals surface area contributed by atoms with E-state index in [0.717, 1.165) is 5.56 Å². The van der Waals surface area contributed by atoms with E-state index < -0.39 is 17.6 Å². The van der Waals surface area contributed by atoms with Gasteiger partial charge >= 0.3 is 5.97 Å². The van der Waals surface area contributed by atoms with Crippen molar-refractivity contribution in [1.82, 2.24) is 24.5 Å². The van der Waals surface area contributed by atoms with Gasteiger partial charge in [0.2, 0.25) is 0 Å². The van der Waals surface area contributed by atoms with Gasteiger partial charge in [0.25, 0.3) is 5.56 Å². The molecule has 1 aromatic carbocycles. The maximum absolute atomic E-state index is 12.7. The number of hydrogen-bond donors (Lipinski definition) is 0. The van der Waals surface area contributed by atoms with E-state index in [2.05, 4.69) is 15.3 Å². The molecule has 2 heterocycles. The molecule has 0 saturated heterocycles. The highest BCUT2D eigenvalue weighted by Crippen LogP contribution is 2.13. The standard InChI is InChI=1S/C17H19N5O3/c1-3-13(17(24)25-4-2)21-11-18-15-14(16(21)23)19-20-22(15)10-12-8-6-5-7-9-12/h5-9,11,13H,3-4,10H2,1-2H3/t13-/m1/s1. The molecule has 0 bridgehead atoms. The van der Waals surface area contributed by atoms with Crippen molar-refractivity contribution in [2.45, 2.75) is 32.9 Å². The number of esters is 1. The summed E-state index contributed by atoms with van der Waals surface area (Å²) in [5.74, 6) is -0.454. The predicted molar refractivity (Wildman–Crippen MR) is 91.1 cm³/mol. The van der Waals surface area contributed by atoms with Gasteiger partial charge in [0.15, 0.2) is 11.2 Å². The van der Waals surface area contributed by atoms with Gasteiger partial charge in [0, 0.05) is 0 Å². The van der Waals surface area contributed by atoms with Crippen molar-refractivity contribution in [1.29, 1.82) is 0 Å². The maximum Gasteiger partial charge on any atom is 0.329 e. The van der Waals surface area contributed by atoms with Crippen LogP contribution in [0.3, 0.4) is 0 Å². The number of rotatable bonds is 6. The van der Waals surface area contributed by atoms with E-state index in [9.17, 15) is 9.59 Å². The number of benzene rings is 1. The van der Waals surface area contributed by atoms with Gasteiger partial charge in [-0.25, -0.2) is 14.5 Å². The minimum absolute atomic E-state index is 0.140. The summed E-state index contributed by atoms with van der Waals surface area (Å²) < 4.78 is 7.87. The summed E-state index contributed by atoms with van der Waals surface area (Å²) in [5, 5.41) is 8.00. The van der Waals surface area contributed by atoms with Gasteiger partial charge in [-0.1, -0.05) is 42.5 Å². The molecule has 130 valence electrons. The number of fused-ring (bicyclic) bond motifs is 1. The average Bonchev–Trinajstić information content (AvgIpc) is 3.02. The highest BCUT2D eigenvalue weighted by Gasteiger charge is 2.23. The van der Waals surface area contributed by atoms with Crippen molar-refractivity contribution in [3.8, 4) is 0 Å². The molecule has 1 atom stereocenters. The van der Waals surface area contributed by atoms with Gasteiger partial charge in [0.05, 0.1) is 13.2 Å². The van der Waals surface area contributed by atoms with Crippen LogP contribution in [0.25, 0.3) is 11.2 Å². The molecule has 0 amide bonds. The zero-order chi connectivity index (χ0) is 17.8. The second-order valence-corrected chi connectivity index (χ2v) is 5.54. The summed E-state index contributed by atoms with van der Waals surface area (Å²) in [7, 11) is 0. The molecular formula is C17H19N5O3. The van der Waals surface area contributed by atoms with Gasteiger partial charge in [0.1, 0.15) is 12.4 Å². The smallest absolute Gasteiger partial charge is 0.329 e. The Morgan fingerprint density at radius 3 is 2.68 bits per heavy atom. The maximum atomic E-state index is 12.7. The predicted octanol–water partition coefficient (Wildman–Crippen LogP) is 1.55. The third kappa shape index (κ3) is 3.28. The van der Waals surface area contributed by atoms with Crippen LogP contribution in [0.1, 0.15) is 31.9 Å². The summed E-state index contributed by atoms with van der Waals surface area (Å²) in [6, 6.07) is 8.99. The second kappa shape index (κ2) is 7.25. The largest absolute Gasteiger partial charge is 0.464 e. The molecule has 0 aliphatic carbocycles. The van der Waals surface area contributed by atoms with Crippen molar-refractivity contribution < 1.29 is 9.53 Å². The van der Waals surface area contributed by atoms with Gasteiger partial charge < -0.3 is 4.74 Å². The molecule has 3 rings (SSSR count). The second-order valence-electron chi connectivity index (χ2n) is 5.54. The third-order valence-corrected chi connectivity index (χ3v) is 3.91. The fourth-order valence-corrected chi connectivity index (χ4v) is 2.67. The van der Waals surface area contributed by atoms with Crippen LogP contribution in [0.2, 0.25) is 0 Å². The van der Waals surface area contributed by atoms with Crippen molar-refractivity contribution in [2.24, 2.45) is 0 Å². The first-order chi connectivity index (χ1) is 12.2. The molecular weight excluding hydrogens is 322 g/mol. The zero-order valence-corrected chi connectivity index (χ0v) is 14.1. The van der Waals surface area contributed by atoms with Crippen LogP contribution in [0.15, 0.2) is 41.5 Å². The van der Waals surface area contributed by atoms with Crippen molar-refractivity contribution in [3.05, 3.63) is 52.6 Å². The number of ether oxygens (including phenoxy) is 1. The molecule has 0 spiro atoms. The summed E-state index contributed by atoms with van der Waals surface area (Å²) >= 11 is 0. The molecule has 25 heavy (non-hydrogen) atoms. The Bertz CT molecular complexity index is 932. The number of aromatic nitrogens is 5. The van der Waals surface area contributed by atoms with Crippen LogP contribution in [-0.4, -0.2) is 37.1 Å². The molecule has 0 aliphatic rings. The van der Waals surface area contributed by atoms with Crippen molar-refractivity contribution >= 4 is 17.1 Å². The van der Waals surface area contributed by atoms with Crippen LogP contribution in [0, 0.1) is 0 Å². The monoisotopic (exact) mass is 341 g/mol. The van der Waals surface area contributed by atoms with Crippen LogP contribution >= 0.6 is 0 Å². The van der Waals surface area contributed by atoms with E-state index in [4.69, 9.17) is 4.74 Å². The lowest BCUT2D eigenvalue weighted by Gasteiger charge is -2.15. The van der Waals surface area contributed by atoms with Crippen molar-refractivity contribution in [2.75, 3.05) is 6.61 Å². The molecule has 0 radical (unpaired) electrons. The lowest BCUT2D eigenvalue weighted by Crippen LogP contribution is -2.31. The lowest BCUT2D eigenvalue weighted by atomic mass is 10.2. The third-order valence-electron chi connectivity index (χ3n) is 3.91. The zero-order valence-electron chi connectivity index (χ0n) is 14.1. The molecule has 0 unspecified atom stereocenters. The quantitative estimate of drug-likeness (QED) is 0.632. The Balaban J connectivity index is 1.99. The number of hydrogen-bond acceptors (Lipinski definition) is 6. The molecule has 0 aliphatic heterocycles. The van der Waals surface area contributed by atoms with Crippen LogP contribution in [0.4, 0.5) is 0 Å². The molecule has 0 saturated carbocycles. The molecule has 0 fully saturated rings. The Morgan fingerprint density at radius 2 is 2.00 bits per heavy atom. The average molecular weight is 341 g/mol. The lowest BCUT2D eigenvalue weighted by molar-refractivity contribution is -0.147. The summed E-state index contributed by atoms with van der Waals surface area (Å²) in [4.78, 5) is 29.1. The molecule has 8 heteroatoms. The minimum atomic E-state index is -0.719. The molecule has 0 N–H and O–H groups in total. The van der Waals surface area contributed by atoms with Gasteiger partial charge in [-0.05, 0) is 18.9 Å². The molecule has 3 aromatic rings. The van der Waals surface area contributed by atoms with E-state index in [1.807, 2.05) is 37.3 Å². The topological polar surface area (TPSA) is 91.9 Å². The van der Waals surface area contributed by atoms with Crippen LogP contribution < -0.4 is 5.56 Å². The molecule has 8 nitrogen and oxygen atoms in total. The Labute approximate surface area is 144 Å². The first-order valence-electron chi connectivity index (χ1n) is 8.16. The van der Waals surface area contributed by atoms with Gasteiger partial charge in [-0.15, -0.1) is 5.10 Å². The van der Waals surface area contributed by atoms with E-state index in [-0.39, 0.29) is 12.1 Å². The van der Waals surface area contributed by atoms with Crippen molar-refractivity contribution in [3.63, 3.8) is 0 Å². The molecule has 2 aromatic heterocycles. The highest BCUT2D eigenvalue weighted by molar-refractivity contribution is 5.75. The van der Waals surface area contributed by atoms with Crippen LogP contribution in [-0.2, 0) is 16.1 Å². The van der Waals surface area contributed by atoms with Gasteiger partial charge in [-0.2, -0.15) is 0 Å². The van der Waals surface area contributed by atoms with E-state index in [1.165, 1.54) is 10.9 Å². The highest BCUT2D eigenvalue weighted by atomic mass is 16.5. The Morgan fingerprint density at radius 1 is 1.24 bits per heavy atom. The van der Waals surface area contributed by atoms with Gasteiger partial charge in [-0.3, -0.25) is 9.36 Å².